The van der Waals surface area contributed by atoms with Crippen molar-refractivity contribution in [3.8, 4) is 10.6 Å². The van der Waals surface area contributed by atoms with E-state index >= 15 is 0 Å². The normalized spacial score (nSPS) is 11.7. The van der Waals surface area contributed by atoms with Gasteiger partial charge in [0.15, 0.2) is 0 Å². The summed E-state index contributed by atoms with van der Waals surface area (Å²) in [6, 6.07) is 9.81. The summed E-state index contributed by atoms with van der Waals surface area (Å²) in [7, 11) is 0. The summed E-state index contributed by atoms with van der Waals surface area (Å²) >= 11 is 1.22. The van der Waals surface area contributed by atoms with Crippen molar-refractivity contribution < 1.29 is 13.2 Å². The van der Waals surface area contributed by atoms with Crippen molar-refractivity contribution in [2.45, 2.75) is 12.6 Å². The van der Waals surface area contributed by atoms with Gasteiger partial charge in [0.05, 0.1) is 12.1 Å². The van der Waals surface area contributed by atoms with Crippen LogP contribution in [0.2, 0.25) is 0 Å². The second-order valence-electron chi connectivity index (χ2n) is 3.22. The van der Waals surface area contributed by atoms with Gasteiger partial charge in [-0.1, -0.05) is 24.3 Å². The van der Waals surface area contributed by atoms with Crippen LogP contribution in [0, 0.1) is 6.07 Å². The Bertz CT molecular complexity index is 462. The summed E-state index contributed by atoms with van der Waals surface area (Å²) in [5.74, 6) is 0. The van der Waals surface area contributed by atoms with Crippen LogP contribution in [0.3, 0.4) is 0 Å². The third-order valence-corrected chi connectivity index (χ3v) is 2.84. The fourth-order valence-corrected chi connectivity index (χ4v) is 2.08. The number of aromatic nitrogens is 1. The lowest BCUT2D eigenvalue weighted by molar-refractivity contribution is -0.127. The first-order chi connectivity index (χ1) is 7.54. The molecular weight excluding hydrogens is 235 g/mol. The molecule has 0 saturated heterocycles. The summed E-state index contributed by atoms with van der Waals surface area (Å²) in [4.78, 5) is 3.95. The lowest BCUT2D eigenvalue weighted by Gasteiger charge is -2.01. The van der Waals surface area contributed by atoms with Gasteiger partial charge in [-0.3, -0.25) is 0 Å². The summed E-state index contributed by atoms with van der Waals surface area (Å²) in [6.07, 6.45) is -5.17. The Labute approximate surface area is 94.6 Å². The Hall–Kier alpha value is -1.36. The summed E-state index contributed by atoms with van der Waals surface area (Å²) in [5.41, 5.74) is 0.887. The lowest BCUT2D eigenvalue weighted by atomic mass is 10.2. The maximum absolute atomic E-state index is 12.1. The molecule has 16 heavy (non-hydrogen) atoms. The Morgan fingerprint density at radius 1 is 1.25 bits per heavy atom. The minimum atomic E-state index is -4.20. The van der Waals surface area contributed by atoms with Gasteiger partial charge in [-0.05, 0) is 6.07 Å². The number of halogens is 3. The number of nitrogens with zero attached hydrogens (tertiary/aromatic N) is 1. The number of rotatable bonds is 2. The zero-order chi connectivity index (χ0) is 11.6. The molecule has 0 atom stereocenters. The number of benzene rings is 1. The maximum atomic E-state index is 12.1. The smallest absolute Gasteiger partial charge is 0.241 e. The van der Waals surface area contributed by atoms with Crippen LogP contribution in [0.25, 0.3) is 10.6 Å². The highest BCUT2D eigenvalue weighted by Gasteiger charge is 2.28. The third-order valence-electron chi connectivity index (χ3n) is 1.90. The molecule has 0 aliphatic carbocycles. The number of hydrogen-bond donors (Lipinski definition) is 0. The average Bonchev–Trinajstić information content (AvgIpc) is 2.65. The molecule has 0 N–H and O–H groups in total. The molecule has 1 nitrogen and oxygen atoms in total. The van der Waals surface area contributed by atoms with Crippen LogP contribution in [-0.4, -0.2) is 11.2 Å². The molecule has 83 valence electrons. The first-order valence-electron chi connectivity index (χ1n) is 4.52. The quantitative estimate of drug-likeness (QED) is 0.782. The second kappa shape index (κ2) is 4.25. The Morgan fingerprint density at radius 2 is 1.94 bits per heavy atom. The summed E-state index contributed by atoms with van der Waals surface area (Å²) in [5, 5.41) is 2.05. The highest BCUT2D eigenvalue weighted by molar-refractivity contribution is 7.13. The molecule has 0 aliphatic rings. The van der Waals surface area contributed by atoms with Crippen molar-refractivity contribution in [2.24, 2.45) is 0 Å². The molecule has 0 saturated carbocycles. The van der Waals surface area contributed by atoms with E-state index in [4.69, 9.17) is 0 Å². The zero-order valence-electron chi connectivity index (χ0n) is 8.08. The molecule has 0 unspecified atom stereocenters. The average molecular weight is 242 g/mol. The van der Waals surface area contributed by atoms with Gasteiger partial charge >= 0.3 is 6.18 Å². The van der Waals surface area contributed by atoms with Crippen molar-refractivity contribution >= 4 is 11.3 Å². The topological polar surface area (TPSA) is 12.9 Å². The zero-order valence-corrected chi connectivity index (χ0v) is 8.90. The largest absolute Gasteiger partial charge is 0.394 e. The van der Waals surface area contributed by atoms with Gasteiger partial charge in [0.1, 0.15) is 5.01 Å². The fraction of sp³-hybridized carbons (Fsp3) is 0.182. The summed E-state index contributed by atoms with van der Waals surface area (Å²) in [6.45, 7) is 0. The third kappa shape index (κ3) is 2.82. The van der Waals surface area contributed by atoms with Crippen molar-refractivity contribution in [1.82, 2.24) is 4.98 Å². The van der Waals surface area contributed by atoms with Gasteiger partial charge in [-0.2, -0.15) is 13.2 Å². The van der Waals surface area contributed by atoms with Gasteiger partial charge < -0.3 is 0 Å². The maximum Gasteiger partial charge on any atom is 0.394 e. The molecular formula is C11H7F3NS. The lowest BCUT2D eigenvalue weighted by Crippen LogP contribution is -2.11. The van der Waals surface area contributed by atoms with E-state index < -0.39 is 12.6 Å². The van der Waals surface area contributed by atoms with E-state index in [1.807, 2.05) is 0 Å². The van der Waals surface area contributed by atoms with Crippen LogP contribution in [0.5, 0.6) is 0 Å². The Balaban J connectivity index is 2.21. The van der Waals surface area contributed by atoms with Crippen molar-refractivity contribution in [3.63, 3.8) is 0 Å². The summed E-state index contributed by atoms with van der Waals surface area (Å²) < 4.78 is 36.3. The van der Waals surface area contributed by atoms with Gasteiger partial charge in [-0.15, -0.1) is 11.3 Å². The Morgan fingerprint density at radius 3 is 2.56 bits per heavy atom. The van der Waals surface area contributed by atoms with E-state index in [1.165, 1.54) is 16.7 Å². The van der Waals surface area contributed by atoms with Gasteiger partial charge in [0.25, 0.3) is 0 Å². The van der Waals surface area contributed by atoms with Crippen molar-refractivity contribution in [3.05, 3.63) is 41.4 Å². The SMILES string of the molecule is FC(F)(F)Cc1csc(-c2cc[c]cc2)n1. The molecule has 0 aliphatic heterocycles. The minimum absolute atomic E-state index is 0.0698. The van der Waals surface area contributed by atoms with Crippen molar-refractivity contribution in [2.75, 3.05) is 0 Å². The van der Waals surface area contributed by atoms with E-state index in [9.17, 15) is 13.2 Å². The molecule has 5 heteroatoms. The highest BCUT2D eigenvalue weighted by atomic mass is 32.1. The first-order valence-corrected chi connectivity index (χ1v) is 5.40. The predicted molar refractivity (Wildman–Crippen MR) is 56.1 cm³/mol. The molecule has 2 aromatic rings. The van der Waals surface area contributed by atoms with E-state index in [1.54, 1.807) is 24.3 Å². The standard InChI is InChI=1S/C11H7F3NS/c12-11(13,14)6-9-7-16-10(15-9)8-4-2-1-3-5-8/h2-5,7H,6H2. The fourth-order valence-electron chi connectivity index (χ4n) is 1.26. The van der Waals surface area contributed by atoms with E-state index in [0.29, 0.717) is 5.01 Å². The monoisotopic (exact) mass is 242 g/mol. The molecule has 2 rings (SSSR count). The van der Waals surface area contributed by atoms with Gasteiger partial charge in [0.2, 0.25) is 0 Å². The van der Waals surface area contributed by atoms with Gasteiger partial charge in [-0.25, -0.2) is 4.98 Å². The minimum Gasteiger partial charge on any atom is -0.241 e. The van der Waals surface area contributed by atoms with E-state index in [0.717, 1.165) is 5.56 Å². The van der Waals surface area contributed by atoms with Crippen LogP contribution < -0.4 is 0 Å². The van der Waals surface area contributed by atoms with E-state index in [2.05, 4.69) is 11.1 Å². The van der Waals surface area contributed by atoms with Crippen LogP contribution in [0.15, 0.2) is 29.6 Å². The molecule has 1 heterocycles. The highest BCUT2D eigenvalue weighted by Crippen LogP contribution is 2.27. The van der Waals surface area contributed by atoms with E-state index in [-0.39, 0.29) is 5.69 Å². The number of thiazole rings is 1. The molecule has 0 amide bonds. The Kier molecular flexibility index (Phi) is 2.96. The first kappa shape index (κ1) is 11.1. The molecule has 0 fully saturated rings. The second-order valence-corrected chi connectivity index (χ2v) is 4.08. The van der Waals surface area contributed by atoms with Crippen LogP contribution in [0.4, 0.5) is 13.2 Å². The van der Waals surface area contributed by atoms with Gasteiger partial charge in [0, 0.05) is 10.9 Å². The number of hydrogen-bond acceptors (Lipinski definition) is 2. The number of alkyl halides is 3. The van der Waals surface area contributed by atoms with Crippen LogP contribution in [-0.2, 0) is 6.42 Å². The predicted octanol–water partition coefficient (Wildman–Crippen LogP) is 3.72. The molecule has 1 aromatic heterocycles. The van der Waals surface area contributed by atoms with Crippen molar-refractivity contribution in [1.29, 1.82) is 0 Å². The van der Waals surface area contributed by atoms with Crippen LogP contribution in [0.1, 0.15) is 5.69 Å². The molecule has 0 spiro atoms. The molecule has 1 radical (unpaired) electrons. The molecule has 0 bridgehead atoms. The molecule has 1 aromatic carbocycles. The van der Waals surface area contributed by atoms with Crippen LogP contribution >= 0.6 is 11.3 Å².